The lowest BCUT2D eigenvalue weighted by atomic mass is 9.94. The zero-order chi connectivity index (χ0) is 20.2. The Bertz CT molecular complexity index is 964. The van der Waals surface area contributed by atoms with Gasteiger partial charge in [0.1, 0.15) is 5.75 Å². The number of carbonyl (C=O) groups excluding carboxylic acids is 1. The van der Waals surface area contributed by atoms with Crippen LogP contribution >= 0.6 is 0 Å². The molecule has 0 bridgehead atoms. The monoisotopic (exact) mass is 391 g/mol. The molecule has 1 aliphatic rings. The second-order valence-electron chi connectivity index (χ2n) is 7.54. The van der Waals surface area contributed by atoms with Crippen molar-refractivity contribution in [1.82, 2.24) is 15.0 Å². The van der Waals surface area contributed by atoms with Crippen molar-refractivity contribution in [3.05, 3.63) is 77.4 Å². The normalized spacial score (nSPS) is 15.0. The average Bonchev–Trinajstić information content (AvgIpc) is 3.15. The third-order valence-electron chi connectivity index (χ3n) is 5.28. The lowest BCUT2D eigenvalue weighted by molar-refractivity contribution is -0.137. The summed E-state index contributed by atoms with van der Waals surface area (Å²) in [6, 6.07) is 17.8. The summed E-state index contributed by atoms with van der Waals surface area (Å²) in [5.74, 6) is 2.19. The third kappa shape index (κ3) is 4.47. The van der Waals surface area contributed by atoms with E-state index in [0.717, 1.165) is 16.9 Å². The summed E-state index contributed by atoms with van der Waals surface area (Å²) in [4.78, 5) is 19.0. The molecule has 1 saturated heterocycles. The van der Waals surface area contributed by atoms with Crippen LogP contribution in [0.25, 0.3) is 0 Å². The summed E-state index contributed by atoms with van der Waals surface area (Å²) >= 11 is 0. The number of amides is 1. The molecule has 2 heterocycles. The quantitative estimate of drug-likeness (QED) is 0.614. The van der Waals surface area contributed by atoms with Crippen LogP contribution < -0.4 is 4.74 Å². The Morgan fingerprint density at radius 2 is 2.00 bits per heavy atom. The number of likely N-dealkylation sites (tertiary alicyclic amines) is 1. The number of hydrogen-bond acceptors (Lipinski definition) is 5. The maximum absolute atomic E-state index is 12.7. The van der Waals surface area contributed by atoms with Crippen molar-refractivity contribution in [2.75, 3.05) is 19.7 Å². The van der Waals surface area contributed by atoms with Gasteiger partial charge in [-0.3, -0.25) is 4.79 Å². The zero-order valence-electron chi connectivity index (χ0n) is 16.7. The van der Waals surface area contributed by atoms with Crippen molar-refractivity contribution in [2.24, 2.45) is 0 Å². The van der Waals surface area contributed by atoms with Gasteiger partial charge in [-0.25, -0.2) is 0 Å². The molecule has 0 radical (unpaired) electrons. The average molecular weight is 391 g/mol. The first-order valence-corrected chi connectivity index (χ1v) is 9.96. The van der Waals surface area contributed by atoms with Crippen LogP contribution in [-0.4, -0.2) is 40.6 Å². The summed E-state index contributed by atoms with van der Waals surface area (Å²) in [5, 5.41) is 4.05. The highest BCUT2D eigenvalue weighted by atomic mass is 16.5. The molecule has 1 amide bonds. The van der Waals surface area contributed by atoms with Crippen molar-refractivity contribution in [3.8, 4) is 5.75 Å². The van der Waals surface area contributed by atoms with E-state index in [0.29, 0.717) is 37.8 Å². The van der Waals surface area contributed by atoms with Crippen LogP contribution in [0.2, 0.25) is 0 Å². The highest BCUT2D eigenvalue weighted by Crippen LogP contribution is 2.29. The number of benzene rings is 2. The summed E-state index contributed by atoms with van der Waals surface area (Å²) in [7, 11) is 0. The maximum atomic E-state index is 12.7. The van der Waals surface area contributed by atoms with E-state index in [1.807, 2.05) is 73.3 Å². The first kappa shape index (κ1) is 19.2. The molecule has 3 aromatic rings. The van der Waals surface area contributed by atoms with Gasteiger partial charge in [-0.2, -0.15) is 4.98 Å². The number of rotatable bonds is 7. The number of aromatic nitrogens is 2. The van der Waals surface area contributed by atoms with Crippen LogP contribution in [0, 0.1) is 6.92 Å². The van der Waals surface area contributed by atoms with E-state index >= 15 is 0 Å². The van der Waals surface area contributed by atoms with E-state index in [4.69, 9.17) is 9.26 Å². The highest BCUT2D eigenvalue weighted by molar-refractivity contribution is 5.84. The van der Waals surface area contributed by atoms with Gasteiger partial charge in [0.15, 0.2) is 5.82 Å². The number of hydrogen-bond donors (Lipinski definition) is 0. The van der Waals surface area contributed by atoms with Crippen LogP contribution in [0.15, 0.2) is 59.1 Å². The fourth-order valence-corrected chi connectivity index (χ4v) is 3.47. The van der Waals surface area contributed by atoms with E-state index in [2.05, 4.69) is 10.1 Å². The number of nitrogens with zero attached hydrogens (tertiary/aromatic N) is 3. The molecular weight excluding hydrogens is 366 g/mol. The number of aryl methyl sites for hydroxylation is 1. The Morgan fingerprint density at radius 1 is 1.21 bits per heavy atom. The van der Waals surface area contributed by atoms with E-state index in [9.17, 15) is 4.79 Å². The molecule has 1 atom stereocenters. The number of carbonyl (C=O) groups is 1. The van der Waals surface area contributed by atoms with Crippen LogP contribution in [-0.2, 0) is 11.2 Å². The molecule has 4 rings (SSSR count). The first-order chi connectivity index (χ1) is 14.1. The molecule has 1 aromatic heterocycles. The maximum Gasteiger partial charge on any atom is 0.233 e. The van der Waals surface area contributed by atoms with Crippen molar-refractivity contribution in [3.63, 3.8) is 0 Å². The van der Waals surface area contributed by atoms with Crippen LogP contribution in [0.3, 0.4) is 0 Å². The molecule has 1 unspecified atom stereocenters. The van der Waals surface area contributed by atoms with Gasteiger partial charge in [-0.05, 0) is 37.1 Å². The van der Waals surface area contributed by atoms with Crippen molar-refractivity contribution in [1.29, 1.82) is 0 Å². The Morgan fingerprint density at radius 3 is 2.76 bits per heavy atom. The molecular formula is C23H25N3O3. The van der Waals surface area contributed by atoms with Crippen molar-refractivity contribution >= 4 is 5.91 Å². The number of ether oxygens (including phenoxy) is 1. The molecule has 1 fully saturated rings. The third-order valence-corrected chi connectivity index (χ3v) is 5.28. The fraction of sp³-hybridized carbons (Fsp3) is 0.348. The predicted molar refractivity (Wildman–Crippen MR) is 109 cm³/mol. The second kappa shape index (κ2) is 8.47. The highest BCUT2D eigenvalue weighted by Gasteiger charge is 2.37. The second-order valence-corrected chi connectivity index (χ2v) is 7.54. The minimum atomic E-state index is -0.144. The molecule has 0 spiro atoms. The summed E-state index contributed by atoms with van der Waals surface area (Å²) in [5.41, 5.74) is 2.20. The molecule has 0 N–H and O–H groups in total. The van der Waals surface area contributed by atoms with Gasteiger partial charge >= 0.3 is 0 Å². The van der Waals surface area contributed by atoms with Gasteiger partial charge in [0, 0.05) is 19.5 Å². The molecule has 1 aliphatic heterocycles. The van der Waals surface area contributed by atoms with Gasteiger partial charge in [-0.1, -0.05) is 47.6 Å². The van der Waals surface area contributed by atoms with Gasteiger partial charge < -0.3 is 14.2 Å². The zero-order valence-corrected chi connectivity index (χ0v) is 16.7. The minimum absolute atomic E-state index is 0.112. The molecule has 0 aliphatic carbocycles. The van der Waals surface area contributed by atoms with Crippen LogP contribution in [0.5, 0.6) is 5.75 Å². The Hall–Kier alpha value is -3.15. The van der Waals surface area contributed by atoms with Gasteiger partial charge in [0.25, 0.3) is 0 Å². The molecule has 6 heteroatoms. The topological polar surface area (TPSA) is 68.5 Å². The van der Waals surface area contributed by atoms with E-state index in [1.165, 1.54) is 0 Å². The fourth-order valence-electron chi connectivity index (χ4n) is 3.47. The molecule has 2 aromatic carbocycles. The molecule has 29 heavy (non-hydrogen) atoms. The molecule has 0 saturated carbocycles. The Kier molecular flexibility index (Phi) is 5.60. The Balaban J connectivity index is 1.25. The van der Waals surface area contributed by atoms with Crippen molar-refractivity contribution in [2.45, 2.75) is 32.1 Å². The summed E-state index contributed by atoms with van der Waals surface area (Å²) in [6.07, 6.45) is 0.581. The van der Waals surface area contributed by atoms with Gasteiger partial charge in [0.05, 0.1) is 18.4 Å². The Labute approximate surface area is 170 Å². The van der Waals surface area contributed by atoms with Crippen molar-refractivity contribution < 1.29 is 14.1 Å². The van der Waals surface area contributed by atoms with Gasteiger partial charge in [-0.15, -0.1) is 0 Å². The predicted octanol–water partition coefficient (Wildman–Crippen LogP) is 3.73. The van der Waals surface area contributed by atoms with E-state index in [1.54, 1.807) is 0 Å². The smallest absolute Gasteiger partial charge is 0.233 e. The largest absolute Gasteiger partial charge is 0.493 e. The van der Waals surface area contributed by atoms with Crippen LogP contribution in [0.1, 0.15) is 41.6 Å². The lowest BCUT2D eigenvalue weighted by Gasteiger charge is -2.38. The first-order valence-electron chi connectivity index (χ1n) is 9.96. The van der Waals surface area contributed by atoms with Crippen LogP contribution in [0.4, 0.5) is 0 Å². The SMILES string of the molecule is Cc1cccc(OCCc2noc(C3CN(C(=O)C(C)c4ccccc4)C3)n2)c1. The summed E-state index contributed by atoms with van der Waals surface area (Å²) in [6.45, 7) is 5.72. The minimum Gasteiger partial charge on any atom is -0.493 e. The molecule has 6 nitrogen and oxygen atoms in total. The summed E-state index contributed by atoms with van der Waals surface area (Å²) < 4.78 is 11.2. The van der Waals surface area contributed by atoms with E-state index < -0.39 is 0 Å². The van der Waals surface area contributed by atoms with Gasteiger partial charge in [0.2, 0.25) is 11.8 Å². The molecule has 150 valence electrons. The standard InChI is InChI=1S/C23H25N3O3/c1-16-7-6-10-20(13-16)28-12-11-21-24-22(29-25-21)19-14-26(15-19)23(27)17(2)18-8-4-3-5-9-18/h3-10,13,17,19H,11-12,14-15H2,1-2H3. The van der Waals surface area contributed by atoms with E-state index in [-0.39, 0.29) is 17.7 Å². The lowest BCUT2D eigenvalue weighted by Crippen LogP contribution is -2.50.